The summed E-state index contributed by atoms with van der Waals surface area (Å²) in [6, 6.07) is 0. The lowest BCUT2D eigenvalue weighted by atomic mass is 10.0. The molecule has 2 aliphatic rings. The fourth-order valence-corrected chi connectivity index (χ4v) is 3.54. The van der Waals surface area contributed by atoms with Crippen molar-refractivity contribution in [3.63, 3.8) is 0 Å². The van der Waals surface area contributed by atoms with Crippen LogP contribution in [0, 0.1) is 5.92 Å². The lowest BCUT2D eigenvalue weighted by molar-refractivity contribution is -0.0817. The van der Waals surface area contributed by atoms with Crippen molar-refractivity contribution in [1.29, 1.82) is 0 Å². The zero-order chi connectivity index (χ0) is 18.1. The van der Waals surface area contributed by atoms with E-state index in [2.05, 4.69) is 37.9 Å². The highest BCUT2D eigenvalue weighted by Crippen LogP contribution is 2.21. The van der Waals surface area contributed by atoms with Crippen LogP contribution in [0.25, 0.3) is 0 Å². The fourth-order valence-electron chi connectivity index (χ4n) is 3.54. The van der Waals surface area contributed by atoms with E-state index >= 15 is 0 Å². The first kappa shape index (κ1) is 23.9. The van der Waals surface area contributed by atoms with Crippen molar-refractivity contribution < 1.29 is 14.2 Å². The molecule has 0 radical (unpaired) electrons. The molecule has 6 nitrogen and oxygen atoms in total. The number of nitrogens with one attached hydrogen (secondary N) is 1. The van der Waals surface area contributed by atoms with Crippen molar-refractivity contribution in [2.45, 2.75) is 65.3 Å². The standard InChI is InChI=1S/C19H37N3O3.HI/c1-5-20-19(21-10-9-16(15(3)4)23-6-2)22-11-13-25-18(14-22)17-8-7-12-24-17;/h15-18H,5-14H2,1-4H3,(H,20,21);1H. The SMILES string of the molecule is CCNC(=NCCC(OCC)C(C)C)N1CCOC(C2CCCO2)C1.I. The zero-order valence-electron chi connectivity index (χ0n) is 16.9. The Hall–Kier alpha value is -0.120. The van der Waals surface area contributed by atoms with Crippen LogP contribution in [0.2, 0.25) is 0 Å². The van der Waals surface area contributed by atoms with E-state index in [1.165, 1.54) is 0 Å². The van der Waals surface area contributed by atoms with Crippen LogP contribution < -0.4 is 5.32 Å². The van der Waals surface area contributed by atoms with E-state index in [4.69, 9.17) is 19.2 Å². The van der Waals surface area contributed by atoms with Gasteiger partial charge >= 0.3 is 0 Å². The van der Waals surface area contributed by atoms with Gasteiger partial charge in [-0.1, -0.05) is 13.8 Å². The molecule has 2 aliphatic heterocycles. The van der Waals surface area contributed by atoms with Crippen LogP contribution >= 0.6 is 24.0 Å². The van der Waals surface area contributed by atoms with Crippen molar-refractivity contribution in [2.24, 2.45) is 10.9 Å². The molecule has 1 N–H and O–H groups in total. The molecule has 2 heterocycles. The van der Waals surface area contributed by atoms with E-state index in [0.29, 0.717) is 5.92 Å². The number of rotatable bonds is 8. The molecule has 3 unspecified atom stereocenters. The smallest absolute Gasteiger partial charge is 0.194 e. The Morgan fingerprint density at radius 1 is 1.23 bits per heavy atom. The van der Waals surface area contributed by atoms with E-state index in [9.17, 15) is 0 Å². The number of hydrogen-bond donors (Lipinski definition) is 1. The minimum atomic E-state index is 0. The number of halogens is 1. The van der Waals surface area contributed by atoms with Gasteiger partial charge in [0.05, 0.1) is 18.8 Å². The minimum Gasteiger partial charge on any atom is -0.378 e. The van der Waals surface area contributed by atoms with Crippen LogP contribution in [-0.2, 0) is 14.2 Å². The van der Waals surface area contributed by atoms with Crippen molar-refractivity contribution in [3.8, 4) is 0 Å². The third-order valence-corrected chi connectivity index (χ3v) is 4.91. The molecule has 26 heavy (non-hydrogen) atoms. The quantitative estimate of drug-likeness (QED) is 0.327. The van der Waals surface area contributed by atoms with Crippen molar-refractivity contribution in [1.82, 2.24) is 10.2 Å². The first-order valence-corrected chi connectivity index (χ1v) is 10.0. The highest BCUT2D eigenvalue weighted by Gasteiger charge is 2.32. The van der Waals surface area contributed by atoms with Gasteiger partial charge in [0.1, 0.15) is 6.10 Å². The Bertz CT molecular complexity index is 403. The lowest BCUT2D eigenvalue weighted by Crippen LogP contribution is -2.53. The van der Waals surface area contributed by atoms with Crippen LogP contribution in [0.3, 0.4) is 0 Å². The van der Waals surface area contributed by atoms with E-state index in [-0.39, 0.29) is 42.3 Å². The Balaban J connectivity index is 0.00000338. The van der Waals surface area contributed by atoms with E-state index in [0.717, 1.165) is 71.2 Å². The summed E-state index contributed by atoms with van der Waals surface area (Å²) in [6.07, 6.45) is 3.89. The van der Waals surface area contributed by atoms with Gasteiger partial charge in [-0.05, 0) is 39.0 Å². The van der Waals surface area contributed by atoms with Gasteiger partial charge in [-0.3, -0.25) is 4.99 Å². The molecule has 0 aromatic rings. The maximum Gasteiger partial charge on any atom is 0.194 e. The van der Waals surface area contributed by atoms with Gasteiger partial charge in [-0.2, -0.15) is 0 Å². The van der Waals surface area contributed by atoms with Gasteiger partial charge in [-0.25, -0.2) is 0 Å². The Kier molecular flexibility index (Phi) is 12.1. The van der Waals surface area contributed by atoms with E-state index in [1.807, 2.05) is 0 Å². The highest BCUT2D eigenvalue weighted by molar-refractivity contribution is 14.0. The van der Waals surface area contributed by atoms with Gasteiger partial charge in [0.25, 0.3) is 0 Å². The number of aliphatic imine (C=N–C) groups is 1. The molecule has 0 aromatic heterocycles. The Labute approximate surface area is 176 Å². The van der Waals surface area contributed by atoms with Gasteiger partial charge in [0.2, 0.25) is 0 Å². The molecule has 3 atom stereocenters. The molecule has 0 aliphatic carbocycles. The maximum atomic E-state index is 5.96. The molecule has 0 saturated carbocycles. The van der Waals surface area contributed by atoms with E-state index in [1.54, 1.807) is 0 Å². The lowest BCUT2D eigenvalue weighted by Gasteiger charge is -2.37. The second-order valence-corrected chi connectivity index (χ2v) is 7.17. The third kappa shape index (κ3) is 7.48. The predicted octanol–water partition coefficient (Wildman–Crippen LogP) is 2.90. The summed E-state index contributed by atoms with van der Waals surface area (Å²) in [6.45, 7) is 14.4. The topological polar surface area (TPSA) is 55.3 Å². The Morgan fingerprint density at radius 3 is 2.62 bits per heavy atom. The van der Waals surface area contributed by atoms with Gasteiger partial charge in [-0.15, -0.1) is 24.0 Å². The first-order valence-electron chi connectivity index (χ1n) is 10.0. The van der Waals surface area contributed by atoms with Crippen LogP contribution in [0.5, 0.6) is 0 Å². The maximum absolute atomic E-state index is 5.96. The first-order chi connectivity index (χ1) is 12.2. The van der Waals surface area contributed by atoms with Gasteiger partial charge in [0.15, 0.2) is 5.96 Å². The van der Waals surface area contributed by atoms with Crippen LogP contribution in [0.1, 0.15) is 47.0 Å². The molecule has 2 fully saturated rings. The Morgan fingerprint density at radius 2 is 2.00 bits per heavy atom. The molecule has 2 rings (SSSR count). The summed E-state index contributed by atoms with van der Waals surface area (Å²) in [5.74, 6) is 1.51. The molecule has 0 amide bonds. The molecule has 7 heteroatoms. The largest absolute Gasteiger partial charge is 0.378 e. The molecular formula is C19H38IN3O3. The predicted molar refractivity (Wildman–Crippen MR) is 117 cm³/mol. The average Bonchev–Trinajstić information content (AvgIpc) is 3.15. The summed E-state index contributed by atoms with van der Waals surface area (Å²) in [5.41, 5.74) is 0. The number of hydrogen-bond acceptors (Lipinski definition) is 4. The van der Waals surface area contributed by atoms with Crippen LogP contribution in [-0.4, -0.2) is 75.2 Å². The van der Waals surface area contributed by atoms with Crippen molar-refractivity contribution in [3.05, 3.63) is 0 Å². The number of morpholine rings is 1. The summed E-state index contributed by atoms with van der Waals surface area (Å²) in [4.78, 5) is 7.18. The second-order valence-electron chi connectivity index (χ2n) is 7.17. The number of guanidine groups is 1. The van der Waals surface area contributed by atoms with E-state index < -0.39 is 0 Å². The summed E-state index contributed by atoms with van der Waals surface area (Å²) in [7, 11) is 0. The summed E-state index contributed by atoms with van der Waals surface area (Å²) in [5, 5.41) is 3.44. The monoisotopic (exact) mass is 483 g/mol. The number of ether oxygens (including phenoxy) is 3. The van der Waals surface area contributed by atoms with Crippen molar-refractivity contribution >= 4 is 29.9 Å². The van der Waals surface area contributed by atoms with Crippen LogP contribution in [0.4, 0.5) is 0 Å². The molecule has 0 bridgehead atoms. The molecule has 2 saturated heterocycles. The molecule has 0 spiro atoms. The van der Waals surface area contributed by atoms with Gasteiger partial charge in [0, 0.05) is 39.4 Å². The second kappa shape index (κ2) is 13.1. The third-order valence-electron chi connectivity index (χ3n) is 4.91. The zero-order valence-corrected chi connectivity index (χ0v) is 19.2. The van der Waals surface area contributed by atoms with Crippen molar-refractivity contribution in [2.75, 3.05) is 46.0 Å². The molecule has 154 valence electrons. The normalized spacial score (nSPS) is 25.3. The minimum absolute atomic E-state index is 0. The fraction of sp³-hybridized carbons (Fsp3) is 0.947. The summed E-state index contributed by atoms with van der Waals surface area (Å²) >= 11 is 0. The summed E-state index contributed by atoms with van der Waals surface area (Å²) < 4.78 is 17.6. The number of nitrogens with zero attached hydrogens (tertiary/aromatic N) is 2. The highest BCUT2D eigenvalue weighted by atomic mass is 127. The molecule has 0 aromatic carbocycles. The molecular weight excluding hydrogens is 445 g/mol. The van der Waals surface area contributed by atoms with Crippen LogP contribution in [0.15, 0.2) is 4.99 Å². The van der Waals surface area contributed by atoms with Gasteiger partial charge < -0.3 is 24.4 Å². The average molecular weight is 483 g/mol.